The highest BCUT2D eigenvalue weighted by Gasteiger charge is 2.25. The molecule has 0 aromatic heterocycles. The molecule has 1 aliphatic rings. The molecule has 0 bridgehead atoms. The first-order valence-corrected chi connectivity index (χ1v) is 7.05. The number of methoxy groups -OCH3 is 1. The highest BCUT2D eigenvalue weighted by Crippen LogP contribution is 2.15. The summed E-state index contributed by atoms with van der Waals surface area (Å²) in [6, 6.07) is 8.83. The van der Waals surface area contributed by atoms with Gasteiger partial charge in [-0.15, -0.1) is 0 Å². The van der Waals surface area contributed by atoms with E-state index in [2.05, 4.69) is 24.0 Å². The van der Waals surface area contributed by atoms with Crippen molar-refractivity contribution in [3.05, 3.63) is 29.8 Å². The zero-order valence-corrected chi connectivity index (χ0v) is 12.4. The summed E-state index contributed by atoms with van der Waals surface area (Å²) in [5, 5.41) is 0.524. The molecule has 1 atom stereocenters. The summed E-state index contributed by atoms with van der Waals surface area (Å²) in [6.45, 7) is 6.32. The van der Waals surface area contributed by atoms with Crippen LogP contribution in [0.1, 0.15) is 18.5 Å². The molecule has 1 aromatic carbocycles. The number of ether oxygens (including phenoxy) is 1. The van der Waals surface area contributed by atoms with Gasteiger partial charge in [0.15, 0.2) is 5.11 Å². The molecule has 1 heterocycles. The van der Waals surface area contributed by atoms with Gasteiger partial charge >= 0.3 is 0 Å². The Labute approximate surface area is 120 Å². The summed E-state index contributed by atoms with van der Waals surface area (Å²) in [7, 11) is 1.69. The SMILES string of the molecule is COc1ccc([C@H](C)[NH+]2CCN(C(N)=S)CC2)cc1. The maximum absolute atomic E-state index is 5.67. The van der Waals surface area contributed by atoms with Gasteiger partial charge in [-0.1, -0.05) is 0 Å². The molecule has 0 spiro atoms. The molecule has 0 amide bonds. The Morgan fingerprint density at radius 1 is 1.32 bits per heavy atom. The number of hydrogen-bond donors (Lipinski definition) is 2. The number of thiocarbonyl (C=S) groups is 1. The Kier molecular flexibility index (Phi) is 4.61. The van der Waals surface area contributed by atoms with E-state index in [4.69, 9.17) is 22.7 Å². The third kappa shape index (κ3) is 3.36. The van der Waals surface area contributed by atoms with Crippen LogP contribution in [0.25, 0.3) is 0 Å². The third-order valence-corrected chi connectivity index (χ3v) is 4.20. The van der Waals surface area contributed by atoms with Gasteiger partial charge in [0.05, 0.1) is 33.3 Å². The van der Waals surface area contributed by atoms with Crippen LogP contribution < -0.4 is 15.4 Å². The molecule has 1 aromatic rings. The van der Waals surface area contributed by atoms with Crippen molar-refractivity contribution >= 4 is 17.3 Å². The monoisotopic (exact) mass is 280 g/mol. The van der Waals surface area contributed by atoms with Crippen molar-refractivity contribution in [3.63, 3.8) is 0 Å². The van der Waals surface area contributed by atoms with Gasteiger partial charge in [-0.25, -0.2) is 0 Å². The van der Waals surface area contributed by atoms with E-state index in [-0.39, 0.29) is 0 Å². The molecule has 4 nitrogen and oxygen atoms in total. The van der Waals surface area contributed by atoms with Crippen molar-refractivity contribution < 1.29 is 9.64 Å². The van der Waals surface area contributed by atoms with Crippen LogP contribution in [0.4, 0.5) is 0 Å². The van der Waals surface area contributed by atoms with Crippen LogP contribution in [-0.4, -0.2) is 43.3 Å². The van der Waals surface area contributed by atoms with Gasteiger partial charge in [0.1, 0.15) is 11.8 Å². The summed E-state index contributed by atoms with van der Waals surface area (Å²) in [4.78, 5) is 3.66. The highest BCUT2D eigenvalue weighted by atomic mass is 32.1. The molecular formula is C14H22N3OS+. The maximum Gasteiger partial charge on any atom is 0.166 e. The average Bonchev–Trinajstić information content (AvgIpc) is 2.46. The lowest BCUT2D eigenvalue weighted by Gasteiger charge is -2.35. The maximum atomic E-state index is 5.67. The average molecular weight is 280 g/mol. The summed E-state index contributed by atoms with van der Waals surface area (Å²) >= 11 is 5.02. The van der Waals surface area contributed by atoms with Gasteiger partial charge in [0.25, 0.3) is 0 Å². The number of quaternary nitrogens is 1. The van der Waals surface area contributed by atoms with Crippen molar-refractivity contribution in [3.8, 4) is 5.75 Å². The molecule has 2 rings (SSSR count). The third-order valence-electron chi connectivity index (χ3n) is 3.95. The van der Waals surface area contributed by atoms with E-state index in [9.17, 15) is 0 Å². The van der Waals surface area contributed by atoms with Crippen LogP contribution in [0.3, 0.4) is 0 Å². The van der Waals surface area contributed by atoms with Crippen LogP contribution in [0, 0.1) is 0 Å². The molecule has 1 saturated heterocycles. The zero-order valence-electron chi connectivity index (χ0n) is 11.6. The second-order valence-corrected chi connectivity index (χ2v) is 5.40. The summed E-state index contributed by atoms with van der Waals surface area (Å²) in [6.07, 6.45) is 0. The van der Waals surface area contributed by atoms with E-state index in [1.807, 2.05) is 12.1 Å². The zero-order chi connectivity index (χ0) is 13.8. The highest BCUT2D eigenvalue weighted by molar-refractivity contribution is 7.80. The Hall–Kier alpha value is -1.33. The number of nitrogens with zero attached hydrogens (tertiary/aromatic N) is 1. The topological polar surface area (TPSA) is 42.9 Å². The van der Waals surface area contributed by atoms with Crippen molar-refractivity contribution in [2.75, 3.05) is 33.3 Å². The molecule has 0 saturated carbocycles. The van der Waals surface area contributed by atoms with Gasteiger partial charge in [-0.2, -0.15) is 0 Å². The largest absolute Gasteiger partial charge is 0.497 e. The van der Waals surface area contributed by atoms with Crippen molar-refractivity contribution in [1.29, 1.82) is 0 Å². The first kappa shape index (κ1) is 14.1. The molecule has 5 heteroatoms. The lowest BCUT2D eigenvalue weighted by Crippen LogP contribution is -3.14. The summed E-state index contributed by atoms with van der Waals surface area (Å²) < 4.78 is 5.19. The van der Waals surface area contributed by atoms with E-state index < -0.39 is 0 Å². The van der Waals surface area contributed by atoms with E-state index in [0.717, 1.165) is 31.9 Å². The van der Waals surface area contributed by atoms with Gasteiger partial charge in [0.2, 0.25) is 0 Å². The Morgan fingerprint density at radius 3 is 2.37 bits per heavy atom. The first-order valence-electron chi connectivity index (χ1n) is 6.64. The molecule has 0 aliphatic carbocycles. The summed E-state index contributed by atoms with van der Waals surface area (Å²) in [5.74, 6) is 0.907. The molecule has 19 heavy (non-hydrogen) atoms. The molecule has 0 radical (unpaired) electrons. The predicted octanol–water partition coefficient (Wildman–Crippen LogP) is 0.200. The number of piperazine rings is 1. The quantitative estimate of drug-likeness (QED) is 0.776. The van der Waals surface area contributed by atoms with Gasteiger partial charge in [-0.05, 0) is 43.4 Å². The second-order valence-electron chi connectivity index (χ2n) is 4.98. The van der Waals surface area contributed by atoms with Crippen molar-refractivity contribution in [2.24, 2.45) is 5.73 Å². The van der Waals surface area contributed by atoms with Crippen LogP contribution in [0.15, 0.2) is 24.3 Å². The summed E-state index contributed by atoms with van der Waals surface area (Å²) in [5.41, 5.74) is 7.01. The van der Waals surface area contributed by atoms with E-state index >= 15 is 0 Å². The van der Waals surface area contributed by atoms with Crippen LogP contribution >= 0.6 is 12.2 Å². The van der Waals surface area contributed by atoms with Gasteiger partial charge < -0.3 is 20.3 Å². The Bertz CT molecular complexity index is 427. The fraction of sp³-hybridized carbons (Fsp3) is 0.500. The number of rotatable bonds is 3. The molecule has 1 aliphatic heterocycles. The number of hydrogen-bond acceptors (Lipinski definition) is 2. The van der Waals surface area contributed by atoms with Gasteiger partial charge in [-0.3, -0.25) is 0 Å². The molecular weight excluding hydrogens is 258 g/mol. The predicted molar refractivity (Wildman–Crippen MR) is 80.5 cm³/mol. The molecule has 104 valence electrons. The standard InChI is InChI=1S/C14H21N3OS/c1-11(12-3-5-13(18-2)6-4-12)16-7-9-17(10-8-16)14(15)19/h3-6,11H,7-10H2,1-2H3,(H2,15,19)/p+1/t11-/m0/s1. The van der Waals surface area contributed by atoms with E-state index in [1.54, 1.807) is 12.0 Å². The van der Waals surface area contributed by atoms with E-state index in [0.29, 0.717) is 11.2 Å². The number of nitrogens with two attached hydrogens (primary N) is 1. The number of benzene rings is 1. The Morgan fingerprint density at radius 2 is 1.89 bits per heavy atom. The molecule has 1 fully saturated rings. The van der Waals surface area contributed by atoms with Crippen molar-refractivity contribution in [2.45, 2.75) is 13.0 Å². The first-order chi connectivity index (χ1) is 9.11. The Balaban J connectivity index is 1.96. The number of nitrogens with one attached hydrogen (secondary N) is 1. The van der Waals surface area contributed by atoms with Crippen molar-refractivity contribution in [1.82, 2.24) is 4.90 Å². The normalized spacial score (nSPS) is 18.1. The minimum atomic E-state index is 0.486. The van der Waals surface area contributed by atoms with Crippen LogP contribution in [0.5, 0.6) is 5.75 Å². The smallest absolute Gasteiger partial charge is 0.166 e. The lowest BCUT2D eigenvalue weighted by molar-refractivity contribution is -0.933. The fourth-order valence-electron chi connectivity index (χ4n) is 2.58. The second kappa shape index (κ2) is 6.21. The molecule has 0 unspecified atom stereocenters. The minimum absolute atomic E-state index is 0.486. The van der Waals surface area contributed by atoms with Crippen LogP contribution in [-0.2, 0) is 0 Å². The minimum Gasteiger partial charge on any atom is -0.497 e. The van der Waals surface area contributed by atoms with E-state index in [1.165, 1.54) is 5.56 Å². The van der Waals surface area contributed by atoms with Crippen LogP contribution in [0.2, 0.25) is 0 Å². The fourth-order valence-corrected chi connectivity index (χ4v) is 2.76. The molecule has 3 N–H and O–H groups in total. The van der Waals surface area contributed by atoms with Gasteiger partial charge in [0, 0.05) is 5.56 Å². The lowest BCUT2D eigenvalue weighted by atomic mass is 10.1.